The van der Waals surface area contributed by atoms with Gasteiger partial charge in [-0.25, -0.2) is 0 Å². The summed E-state index contributed by atoms with van der Waals surface area (Å²) in [5.41, 5.74) is 1.12. The Hall–Kier alpha value is -1.19. The number of allylic oxidation sites excluding steroid dienone is 4. The number of carbonyl (C=O) groups is 1. The van der Waals surface area contributed by atoms with Gasteiger partial charge in [0.05, 0.1) is 6.10 Å². The van der Waals surface area contributed by atoms with Crippen molar-refractivity contribution < 1.29 is 15.0 Å². The smallest absolute Gasteiger partial charge is 0.163 e. The molecule has 136 valence electrons. The van der Waals surface area contributed by atoms with Crippen molar-refractivity contribution in [1.82, 2.24) is 0 Å². The summed E-state index contributed by atoms with van der Waals surface area (Å²) in [5, 5.41) is 19.3. The number of Topliss-reactive ketones (excluding diaryl/α,β-unsaturated/α-hetero) is 1. The highest BCUT2D eigenvalue weighted by Gasteiger charge is 2.23. The molecule has 0 saturated heterocycles. The van der Waals surface area contributed by atoms with E-state index in [0.717, 1.165) is 50.5 Å². The van der Waals surface area contributed by atoms with Crippen LogP contribution >= 0.6 is 0 Å². The van der Waals surface area contributed by atoms with Gasteiger partial charge in [0.1, 0.15) is 5.60 Å². The van der Waals surface area contributed by atoms with Gasteiger partial charge in [0.25, 0.3) is 0 Å². The number of ketones is 1. The first kappa shape index (κ1) is 20.9. The highest BCUT2D eigenvalue weighted by atomic mass is 16.3. The molecule has 1 saturated carbocycles. The molecule has 0 radical (unpaired) electrons. The molecule has 1 aliphatic rings. The Kier molecular flexibility index (Phi) is 8.65. The van der Waals surface area contributed by atoms with E-state index in [0.29, 0.717) is 12.3 Å². The molecule has 0 amide bonds. The van der Waals surface area contributed by atoms with Crippen molar-refractivity contribution in [2.45, 2.75) is 83.8 Å². The van der Waals surface area contributed by atoms with Gasteiger partial charge in [-0.2, -0.15) is 0 Å². The van der Waals surface area contributed by atoms with Crippen LogP contribution in [0, 0.1) is 5.92 Å². The first-order chi connectivity index (χ1) is 11.2. The lowest BCUT2D eigenvalue weighted by molar-refractivity contribution is -0.134. The van der Waals surface area contributed by atoms with Gasteiger partial charge in [-0.3, -0.25) is 4.79 Å². The lowest BCUT2D eigenvalue weighted by atomic mass is 9.88. The predicted molar refractivity (Wildman–Crippen MR) is 99.8 cm³/mol. The van der Waals surface area contributed by atoms with Gasteiger partial charge in [-0.05, 0) is 63.9 Å². The number of aliphatic hydroxyl groups excluding tert-OH is 1. The van der Waals surface area contributed by atoms with Crippen LogP contribution in [0.3, 0.4) is 0 Å². The molecule has 0 bridgehead atoms. The first-order valence-corrected chi connectivity index (χ1v) is 9.17. The quantitative estimate of drug-likeness (QED) is 0.611. The zero-order valence-corrected chi connectivity index (χ0v) is 15.6. The van der Waals surface area contributed by atoms with E-state index in [1.807, 2.05) is 0 Å². The van der Waals surface area contributed by atoms with E-state index in [4.69, 9.17) is 0 Å². The zero-order valence-electron chi connectivity index (χ0n) is 15.6. The Labute approximate surface area is 147 Å². The molecule has 24 heavy (non-hydrogen) atoms. The van der Waals surface area contributed by atoms with Crippen LogP contribution in [0.25, 0.3) is 0 Å². The maximum Gasteiger partial charge on any atom is 0.163 e. The summed E-state index contributed by atoms with van der Waals surface area (Å²) >= 11 is 0. The number of hydrogen-bond acceptors (Lipinski definition) is 3. The van der Waals surface area contributed by atoms with E-state index < -0.39 is 5.60 Å². The average Bonchev–Trinajstić information content (AvgIpc) is 2.50. The molecule has 1 fully saturated rings. The molecule has 2 N–H and O–H groups in total. The fourth-order valence-corrected chi connectivity index (χ4v) is 2.88. The van der Waals surface area contributed by atoms with E-state index in [-0.39, 0.29) is 11.9 Å². The number of unbranched alkanes of at least 4 members (excludes halogenated alkanes) is 1. The summed E-state index contributed by atoms with van der Waals surface area (Å²) in [7, 11) is 0. The number of aliphatic hydroxyl groups is 2. The Bertz CT molecular complexity index is 480. The molecule has 2 atom stereocenters. The van der Waals surface area contributed by atoms with Crippen molar-refractivity contribution in [3.05, 3.63) is 36.0 Å². The fraction of sp³-hybridized carbons (Fsp3) is 0.667. The third-order valence-corrected chi connectivity index (χ3v) is 4.74. The molecule has 0 aromatic heterocycles. The largest absolute Gasteiger partial charge is 0.393 e. The lowest BCUT2D eigenvalue weighted by Crippen LogP contribution is -2.31. The second-order valence-electron chi connectivity index (χ2n) is 7.68. The maximum absolute atomic E-state index is 11.7. The molecule has 0 aromatic carbocycles. The van der Waals surface area contributed by atoms with Crippen molar-refractivity contribution >= 4 is 5.78 Å². The Morgan fingerprint density at radius 3 is 2.79 bits per heavy atom. The maximum atomic E-state index is 11.7. The monoisotopic (exact) mass is 334 g/mol. The Morgan fingerprint density at radius 1 is 1.42 bits per heavy atom. The third-order valence-electron chi connectivity index (χ3n) is 4.74. The molecule has 1 aliphatic carbocycles. The fourth-order valence-electron chi connectivity index (χ4n) is 2.88. The molecule has 3 heteroatoms. The van der Waals surface area contributed by atoms with E-state index in [1.54, 1.807) is 13.8 Å². The minimum absolute atomic E-state index is 0.0734. The van der Waals surface area contributed by atoms with Crippen LogP contribution in [0.2, 0.25) is 0 Å². The summed E-state index contributed by atoms with van der Waals surface area (Å²) in [6, 6.07) is 0. The van der Waals surface area contributed by atoms with Gasteiger partial charge >= 0.3 is 0 Å². The predicted octanol–water partition coefficient (Wildman–Crippen LogP) is 4.50. The molecule has 0 spiro atoms. The number of carbonyl (C=O) groups excluding carboxylic acids is 1. The molecule has 0 unspecified atom stereocenters. The highest BCUT2D eigenvalue weighted by molar-refractivity contribution is 5.86. The summed E-state index contributed by atoms with van der Waals surface area (Å²) in [6.45, 7) is 9.33. The van der Waals surface area contributed by atoms with Crippen LogP contribution in [0.15, 0.2) is 36.0 Å². The van der Waals surface area contributed by atoms with E-state index in [9.17, 15) is 15.0 Å². The van der Waals surface area contributed by atoms with Gasteiger partial charge < -0.3 is 10.2 Å². The molecular formula is C21H34O3. The molecule has 0 aliphatic heterocycles. The minimum atomic E-state index is -1.20. The SMILES string of the molecule is C=C1CC[C@H](O)C/C1=C\C=C\CCC[C@H](C)CCC(=O)C(C)(C)O. The van der Waals surface area contributed by atoms with Crippen LogP contribution in [0.4, 0.5) is 0 Å². The lowest BCUT2D eigenvalue weighted by Gasteiger charge is -2.21. The summed E-state index contributed by atoms with van der Waals surface area (Å²) in [6.07, 6.45) is 13.0. The second-order valence-corrected chi connectivity index (χ2v) is 7.68. The minimum Gasteiger partial charge on any atom is -0.393 e. The molecular weight excluding hydrogens is 300 g/mol. The van der Waals surface area contributed by atoms with E-state index >= 15 is 0 Å². The third kappa shape index (κ3) is 8.07. The average molecular weight is 335 g/mol. The van der Waals surface area contributed by atoms with Crippen molar-refractivity contribution in [3.8, 4) is 0 Å². The van der Waals surface area contributed by atoms with Crippen LogP contribution in [0.5, 0.6) is 0 Å². The molecule has 1 rings (SSSR count). The topological polar surface area (TPSA) is 57.5 Å². The van der Waals surface area contributed by atoms with E-state index in [1.165, 1.54) is 5.57 Å². The first-order valence-electron chi connectivity index (χ1n) is 9.17. The van der Waals surface area contributed by atoms with Gasteiger partial charge in [0.2, 0.25) is 0 Å². The number of rotatable bonds is 9. The van der Waals surface area contributed by atoms with Gasteiger partial charge in [-0.1, -0.05) is 43.7 Å². The summed E-state index contributed by atoms with van der Waals surface area (Å²) in [5.74, 6) is 0.423. The van der Waals surface area contributed by atoms with E-state index in [2.05, 4.69) is 31.7 Å². The zero-order chi connectivity index (χ0) is 18.2. The summed E-state index contributed by atoms with van der Waals surface area (Å²) < 4.78 is 0. The van der Waals surface area contributed by atoms with Gasteiger partial charge in [0.15, 0.2) is 5.78 Å². The standard InChI is InChI=1S/C21H34O3/c1-16(11-14-20(23)21(3,4)24)9-7-5-6-8-10-18-15-19(22)13-12-17(18)2/h6,8,10,16,19,22,24H,2,5,7,9,11-15H2,1,3-4H3/b8-6+,18-10+/t16-,19-/m0/s1. The highest BCUT2D eigenvalue weighted by Crippen LogP contribution is 2.27. The van der Waals surface area contributed by atoms with Gasteiger partial charge in [0, 0.05) is 6.42 Å². The van der Waals surface area contributed by atoms with Crippen LogP contribution < -0.4 is 0 Å². The van der Waals surface area contributed by atoms with Gasteiger partial charge in [-0.15, -0.1) is 0 Å². The Morgan fingerprint density at radius 2 is 2.12 bits per heavy atom. The second kappa shape index (κ2) is 9.95. The molecule has 0 aromatic rings. The van der Waals surface area contributed by atoms with Crippen molar-refractivity contribution in [3.63, 3.8) is 0 Å². The van der Waals surface area contributed by atoms with Crippen LogP contribution in [0.1, 0.15) is 72.1 Å². The Balaban J connectivity index is 2.21. The van der Waals surface area contributed by atoms with Crippen LogP contribution in [-0.4, -0.2) is 27.7 Å². The summed E-state index contributed by atoms with van der Waals surface area (Å²) in [4.78, 5) is 11.7. The molecule has 0 heterocycles. The number of hydrogen-bond donors (Lipinski definition) is 2. The molecule has 3 nitrogen and oxygen atoms in total. The van der Waals surface area contributed by atoms with Crippen LogP contribution in [-0.2, 0) is 4.79 Å². The normalized spacial score (nSPS) is 22.3. The van der Waals surface area contributed by atoms with Crippen molar-refractivity contribution in [1.29, 1.82) is 0 Å². The van der Waals surface area contributed by atoms with Crippen molar-refractivity contribution in [2.75, 3.05) is 0 Å². The van der Waals surface area contributed by atoms with Crippen molar-refractivity contribution in [2.24, 2.45) is 5.92 Å².